The second-order valence-corrected chi connectivity index (χ2v) is 7.70. The van der Waals surface area contributed by atoms with Gasteiger partial charge in [-0.3, -0.25) is 9.35 Å². The van der Waals surface area contributed by atoms with Crippen molar-refractivity contribution in [2.75, 3.05) is 31.8 Å². The zero-order valence-electron chi connectivity index (χ0n) is 15.8. The van der Waals surface area contributed by atoms with Crippen LogP contribution in [-0.4, -0.2) is 55.3 Å². The Hall–Kier alpha value is -2.56. The van der Waals surface area contributed by atoms with Crippen LogP contribution in [0.3, 0.4) is 0 Å². The van der Waals surface area contributed by atoms with Gasteiger partial charge in [-0.1, -0.05) is 12.1 Å². The van der Waals surface area contributed by atoms with E-state index in [9.17, 15) is 13.2 Å². The Morgan fingerprint density at radius 1 is 1.25 bits per heavy atom. The number of anilines is 1. The summed E-state index contributed by atoms with van der Waals surface area (Å²) in [7, 11) is -2.04. The number of piperidine rings is 1. The van der Waals surface area contributed by atoms with Gasteiger partial charge in [-0.15, -0.1) is 0 Å². The first-order chi connectivity index (χ1) is 13.3. The molecule has 0 saturated carbocycles. The molecule has 1 fully saturated rings. The summed E-state index contributed by atoms with van der Waals surface area (Å²) in [5.41, 5.74) is 1.59. The number of amides is 1. The molecule has 0 atom stereocenters. The molecule has 1 aromatic carbocycles. The molecule has 0 bridgehead atoms. The van der Waals surface area contributed by atoms with Crippen LogP contribution >= 0.6 is 0 Å². The SMILES string of the molecule is COc1ccccc1-c1cc(NC(=O)C2CCNCC2)ncn1.CS(=O)(=O)O. The Labute approximate surface area is 164 Å². The number of nitrogens with one attached hydrogen (secondary N) is 2. The number of benzene rings is 1. The summed E-state index contributed by atoms with van der Waals surface area (Å²) >= 11 is 0. The van der Waals surface area contributed by atoms with Gasteiger partial charge in [0.1, 0.15) is 17.9 Å². The van der Waals surface area contributed by atoms with Crippen LogP contribution in [0.25, 0.3) is 11.3 Å². The monoisotopic (exact) mass is 408 g/mol. The average molecular weight is 408 g/mol. The van der Waals surface area contributed by atoms with E-state index in [1.807, 2.05) is 24.3 Å². The second-order valence-electron chi connectivity index (χ2n) is 6.24. The molecular formula is C18H24N4O5S. The van der Waals surface area contributed by atoms with Crippen molar-refractivity contribution < 1.29 is 22.5 Å². The number of rotatable bonds is 4. The van der Waals surface area contributed by atoms with Gasteiger partial charge in [-0.2, -0.15) is 8.42 Å². The third-order valence-electron chi connectivity index (χ3n) is 4.01. The third-order valence-corrected chi connectivity index (χ3v) is 4.01. The van der Waals surface area contributed by atoms with Crippen molar-refractivity contribution in [3.63, 3.8) is 0 Å². The molecule has 28 heavy (non-hydrogen) atoms. The molecule has 9 nitrogen and oxygen atoms in total. The van der Waals surface area contributed by atoms with E-state index >= 15 is 0 Å². The number of carbonyl (C=O) groups excluding carboxylic acids is 1. The van der Waals surface area contributed by atoms with E-state index in [-0.39, 0.29) is 11.8 Å². The quantitative estimate of drug-likeness (QED) is 0.650. The number of hydrogen-bond acceptors (Lipinski definition) is 7. The third kappa shape index (κ3) is 7.22. The summed E-state index contributed by atoms with van der Waals surface area (Å²) in [6, 6.07) is 9.41. The molecule has 0 unspecified atom stereocenters. The minimum Gasteiger partial charge on any atom is -0.496 e. The molecule has 1 saturated heterocycles. The molecule has 10 heteroatoms. The van der Waals surface area contributed by atoms with Crippen molar-refractivity contribution in [3.05, 3.63) is 36.7 Å². The van der Waals surface area contributed by atoms with Crippen molar-refractivity contribution in [1.82, 2.24) is 15.3 Å². The minimum atomic E-state index is -3.67. The molecule has 3 N–H and O–H groups in total. The highest BCUT2D eigenvalue weighted by Crippen LogP contribution is 2.28. The Morgan fingerprint density at radius 3 is 2.54 bits per heavy atom. The van der Waals surface area contributed by atoms with Crippen LogP contribution in [0.15, 0.2) is 36.7 Å². The molecular weight excluding hydrogens is 384 g/mol. The largest absolute Gasteiger partial charge is 0.496 e. The van der Waals surface area contributed by atoms with E-state index in [0.29, 0.717) is 12.1 Å². The minimum absolute atomic E-state index is 0.0242. The molecule has 3 rings (SSSR count). The molecule has 1 aliphatic rings. The van der Waals surface area contributed by atoms with Crippen molar-refractivity contribution in [3.8, 4) is 17.0 Å². The number of para-hydroxylation sites is 1. The number of ether oxygens (including phenoxy) is 1. The van der Waals surface area contributed by atoms with Crippen molar-refractivity contribution in [1.29, 1.82) is 0 Å². The molecule has 1 amide bonds. The lowest BCUT2D eigenvalue weighted by Crippen LogP contribution is -2.34. The lowest BCUT2D eigenvalue weighted by molar-refractivity contribution is -0.120. The maximum absolute atomic E-state index is 12.3. The van der Waals surface area contributed by atoms with Gasteiger partial charge in [-0.05, 0) is 38.1 Å². The summed E-state index contributed by atoms with van der Waals surface area (Å²) < 4.78 is 31.2. The molecule has 2 heterocycles. The lowest BCUT2D eigenvalue weighted by Gasteiger charge is -2.21. The van der Waals surface area contributed by atoms with Crippen LogP contribution in [0, 0.1) is 5.92 Å². The van der Waals surface area contributed by atoms with Crippen LogP contribution < -0.4 is 15.4 Å². The first-order valence-electron chi connectivity index (χ1n) is 8.67. The predicted octanol–water partition coefficient (Wildman–Crippen LogP) is 1.59. The van der Waals surface area contributed by atoms with Gasteiger partial charge < -0.3 is 15.4 Å². The standard InChI is InChI=1S/C17H20N4O2.CH4O3S/c1-23-15-5-3-2-4-13(15)14-10-16(20-11-19-14)21-17(22)12-6-8-18-9-7-12;1-5(2,3)4/h2-5,10-12,18H,6-9H2,1H3,(H,19,20,21,22);1H3,(H,2,3,4). The topological polar surface area (TPSA) is 131 Å². The molecule has 1 aromatic heterocycles. The Morgan fingerprint density at radius 2 is 1.89 bits per heavy atom. The van der Waals surface area contributed by atoms with Crippen LogP contribution in [0.4, 0.5) is 5.82 Å². The molecule has 0 radical (unpaired) electrons. The first kappa shape index (κ1) is 21.7. The second kappa shape index (κ2) is 10.1. The van der Waals surface area contributed by atoms with Crippen molar-refractivity contribution >= 4 is 21.8 Å². The van der Waals surface area contributed by atoms with E-state index in [0.717, 1.165) is 42.9 Å². The molecule has 0 spiro atoms. The zero-order valence-corrected chi connectivity index (χ0v) is 16.6. The van der Waals surface area contributed by atoms with Gasteiger partial charge in [0.15, 0.2) is 0 Å². The number of methoxy groups -OCH3 is 1. The maximum Gasteiger partial charge on any atom is 0.261 e. The number of carbonyl (C=O) groups is 1. The van der Waals surface area contributed by atoms with Crippen molar-refractivity contribution in [2.45, 2.75) is 12.8 Å². The Kier molecular flexibility index (Phi) is 7.85. The van der Waals surface area contributed by atoms with E-state index in [1.54, 1.807) is 13.2 Å². The fourth-order valence-corrected chi connectivity index (χ4v) is 2.74. The fourth-order valence-electron chi connectivity index (χ4n) is 2.74. The fraction of sp³-hybridized carbons (Fsp3) is 0.389. The Balaban J connectivity index is 0.000000500. The molecule has 2 aromatic rings. The Bertz CT molecular complexity index is 890. The highest BCUT2D eigenvalue weighted by atomic mass is 32.2. The molecule has 0 aliphatic carbocycles. The van der Waals surface area contributed by atoms with Crippen LogP contribution in [0.5, 0.6) is 5.75 Å². The van der Waals surface area contributed by atoms with Gasteiger partial charge in [0.25, 0.3) is 10.1 Å². The van der Waals surface area contributed by atoms with Crippen LogP contribution in [-0.2, 0) is 14.9 Å². The van der Waals surface area contributed by atoms with Gasteiger partial charge >= 0.3 is 0 Å². The summed E-state index contributed by atoms with van der Waals surface area (Å²) in [4.78, 5) is 20.8. The number of aromatic nitrogens is 2. The van der Waals surface area contributed by atoms with Gasteiger partial charge in [0.05, 0.1) is 19.1 Å². The maximum atomic E-state index is 12.3. The van der Waals surface area contributed by atoms with Gasteiger partial charge in [0, 0.05) is 17.5 Å². The first-order valence-corrected chi connectivity index (χ1v) is 10.5. The highest BCUT2D eigenvalue weighted by Gasteiger charge is 2.21. The predicted molar refractivity (Wildman–Crippen MR) is 106 cm³/mol. The smallest absolute Gasteiger partial charge is 0.261 e. The average Bonchev–Trinajstić information content (AvgIpc) is 2.67. The normalized spacial score (nSPS) is 14.5. The van der Waals surface area contributed by atoms with E-state index in [4.69, 9.17) is 9.29 Å². The zero-order chi connectivity index (χ0) is 20.6. The number of nitrogens with zero attached hydrogens (tertiary/aromatic N) is 2. The molecule has 1 aliphatic heterocycles. The van der Waals surface area contributed by atoms with Crippen LogP contribution in [0.2, 0.25) is 0 Å². The lowest BCUT2D eigenvalue weighted by atomic mass is 9.97. The van der Waals surface area contributed by atoms with Crippen LogP contribution in [0.1, 0.15) is 12.8 Å². The summed E-state index contributed by atoms with van der Waals surface area (Å²) in [6.07, 6.45) is 3.89. The van der Waals surface area contributed by atoms with E-state index in [2.05, 4.69) is 20.6 Å². The number of hydrogen-bond donors (Lipinski definition) is 3. The highest BCUT2D eigenvalue weighted by molar-refractivity contribution is 7.85. The van der Waals surface area contributed by atoms with E-state index < -0.39 is 10.1 Å². The van der Waals surface area contributed by atoms with Crippen molar-refractivity contribution in [2.24, 2.45) is 5.92 Å². The van der Waals surface area contributed by atoms with Gasteiger partial charge in [-0.25, -0.2) is 9.97 Å². The van der Waals surface area contributed by atoms with Gasteiger partial charge in [0.2, 0.25) is 5.91 Å². The summed E-state index contributed by atoms with van der Waals surface area (Å²) in [5.74, 6) is 1.32. The summed E-state index contributed by atoms with van der Waals surface area (Å²) in [5, 5.41) is 6.16. The molecule has 152 valence electrons. The van der Waals surface area contributed by atoms with E-state index in [1.165, 1.54) is 6.33 Å². The summed E-state index contributed by atoms with van der Waals surface area (Å²) in [6.45, 7) is 1.77.